The highest BCUT2D eigenvalue weighted by Crippen LogP contribution is 2.78. The van der Waals surface area contributed by atoms with E-state index in [1.54, 1.807) is 0 Å². The van der Waals surface area contributed by atoms with Gasteiger partial charge in [-0.25, -0.2) is 0 Å². The van der Waals surface area contributed by atoms with Gasteiger partial charge in [-0.2, -0.15) is 0 Å². The molecule has 4 aliphatic carbocycles. The van der Waals surface area contributed by atoms with Gasteiger partial charge in [0, 0.05) is 5.92 Å². The van der Waals surface area contributed by atoms with Gasteiger partial charge in [0.25, 0.3) is 0 Å². The molecule has 0 amide bonds. The van der Waals surface area contributed by atoms with Gasteiger partial charge in [-0.3, -0.25) is 4.79 Å². The van der Waals surface area contributed by atoms with Crippen LogP contribution in [-0.2, 0) is 4.79 Å². The van der Waals surface area contributed by atoms with Crippen LogP contribution in [0.2, 0.25) is 0 Å². The van der Waals surface area contributed by atoms with Crippen molar-refractivity contribution in [2.45, 2.75) is 18.9 Å². The van der Waals surface area contributed by atoms with Crippen molar-refractivity contribution in [3.8, 4) is 0 Å². The average Bonchev–Trinajstić information content (AvgIpc) is 2.32. The van der Waals surface area contributed by atoms with Gasteiger partial charge in [-0.1, -0.05) is 0 Å². The summed E-state index contributed by atoms with van der Waals surface area (Å²) in [6.45, 7) is 0. The maximum absolute atomic E-state index is 10.8. The maximum atomic E-state index is 10.8. The SMILES string of the molecule is O=C(O)[C@@]12C[C@H]3C[C@@H]1[C@@H]2C3O. The number of hydrogen-bond donors (Lipinski definition) is 2. The summed E-state index contributed by atoms with van der Waals surface area (Å²) in [5.74, 6) is 0.0673. The van der Waals surface area contributed by atoms with Crippen LogP contribution in [0.15, 0.2) is 0 Å². The highest BCUT2D eigenvalue weighted by Gasteiger charge is 2.82. The smallest absolute Gasteiger partial charge is 0.310 e. The third-order valence-corrected chi connectivity index (χ3v) is 3.99. The second-order valence-electron chi connectivity index (χ2n) is 4.17. The fourth-order valence-corrected chi connectivity index (χ4v) is 3.52. The molecule has 60 valence electrons. The molecule has 0 aromatic carbocycles. The Morgan fingerprint density at radius 2 is 2.27 bits per heavy atom. The molecule has 4 aliphatic rings. The Kier molecular flexibility index (Phi) is 0.727. The topological polar surface area (TPSA) is 57.5 Å². The molecule has 2 N–H and O–H groups in total. The van der Waals surface area contributed by atoms with Crippen LogP contribution in [0.25, 0.3) is 0 Å². The van der Waals surface area contributed by atoms with E-state index in [4.69, 9.17) is 5.11 Å². The lowest BCUT2D eigenvalue weighted by atomic mass is 10.1. The molecule has 4 saturated carbocycles. The fourth-order valence-electron chi connectivity index (χ4n) is 3.52. The number of carboxylic acids is 1. The minimum atomic E-state index is -0.674. The molecule has 4 rings (SSSR count). The predicted molar refractivity (Wildman–Crippen MR) is 35.8 cm³/mol. The molecule has 11 heavy (non-hydrogen) atoms. The second kappa shape index (κ2) is 1.33. The average molecular weight is 154 g/mol. The Labute approximate surface area is 64.0 Å². The van der Waals surface area contributed by atoms with Crippen molar-refractivity contribution in [3.05, 3.63) is 0 Å². The molecule has 0 saturated heterocycles. The lowest BCUT2D eigenvalue weighted by molar-refractivity contribution is -0.144. The second-order valence-corrected chi connectivity index (χ2v) is 4.17. The lowest BCUT2D eigenvalue weighted by Gasteiger charge is -2.03. The van der Waals surface area contributed by atoms with Crippen LogP contribution in [0.3, 0.4) is 0 Å². The van der Waals surface area contributed by atoms with Crippen LogP contribution >= 0.6 is 0 Å². The van der Waals surface area contributed by atoms with Crippen molar-refractivity contribution in [2.75, 3.05) is 0 Å². The van der Waals surface area contributed by atoms with E-state index in [0.717, 1.165) is 12.8 Å². The van der Waals surface area contributed by atoms with Crippen LogP contribution in [0, 0.1) is 23.2 Å². The summed E-state index contributed by atoms with van der Waals surface area (Å²) in [6, 6.07) is 0. The van der Waals surface area contributed by atoms with Gasteiger partial charge in [-0.15, -0.1) is 0 Å². The van der Waals surface area contributed by atoms with Gasteiger partial charge in [0.05, 0.1) is 11.5 Å². The molecule has 0 heterocycles. The minimum absolute atomic E-state index is 0.116. The molecule has 3 heteroatoms. The van der Waals surface area contributed by atoms with Crippen molar-refractivity contribution >= 4 is 5.97 Å². The first-order valence-corrected chi connectivity index (χ1v) is 4.09. The van der Waals surface area contributed by atoms with Crippen molar-refractivity contribution in [1.29, 1.82) is 0 Å². The van der Waals surface area contributed by atoms with E-state index in [-0.39, 0.29) is 12.0 Å². The van der Waals surface area contributed by atoms with Crippen molar-refractivity contribution < 1.29 is 15.0 Å². The third-order valence-electron chi connectivity index (χ3n) is 3.99. The summed E-state index contributed by atoms with van der Waals surface area (Å²) in [7, 11) is 0. The van der Waals surface area contributed by atoms with Crippen LogP contribution in [0.4, 0.5) is 0 Å². The third kappa shape index (κ3) is 0.392. The standard InChI is InChI=1S/C8H10O3/c9-6-3-1-4-5(6)8(4,2-3)7(10)11/h3-6,9H,1-2H2,(H,10,11)/t3-,4-,5-,6?,8+/m1/s1. The molecule has 0 aliphatic heterocycles. The van der Waals surface area contributed by atoms with Gasteiger partial charge in [0.1, 0.15) is 0 Å². The van der Waals surface area contributed by atoms with Crippen molar-refractivity contribution in [3.63, 3.8) is 0 Å². The quantitative estimate of drug-likeness (QED) is 0.562. The zero-order valence-corrected chi connectivity index (χ0v) is 6.03. The Morgan fingerprint density at radius 1 is 1.55 bits per heavy atom. The first kappa shape index (κ1) is 6.00. The van der Waals surface area contributed by atoms with E-state index in [9.17, 15) is 9.90 Å². The van der Waals surface area contributed by atoms with Gasteiger partial charge in [0.2, 0.25) is 0 Å². The number of hydrogen-bond acceptors (Lipinski definition) is 2. The van der Waals surface area contributed by atoms with E-state index in [1.165, 1.54) is 0 Å². The van der Waals surface area contributed by atoms with E-state index in [0.29, 0.717) is 11.8 Å². The lowest BCUT2D eigenvalue weighted by Crippen LogP contribution is -2.15. The number of aliphatic carboxylic acids is 1. The number of aliphatic hydroxyl groups is 1. The molecule has 3 nitrogen and oxygen atoms in total. The molecule has 0 aromatic heterocycles. The molecule has 0 aromatic rings. The summed E-state index contributed by atoms with van der Waals surface area (Å²) in [5, 5.41) is 18.4. The molecular weight excluding hydrogens is 144 g/mol. The number of carboxylic acid groups (broad SMARTS) is 1. The predicted octanol–water partition coefficient (Wildman–Crippen LogP) is 0.0879. The number of carbonyl (C=O) groups is 1. The summed E-state index contributed by atoms with van der Waals surface area (Å²) in [5.41, 5.74) is -0.468. The molecule has 5 atom stereocenters. The zero-order valence-electron chi connectivity index (χ0n) is 6.03. The van der Waals surface area contributed by atoms with Crippen molar-refractivity contribution in [2.24, 2.45) is 23.2 Å². The van der Waals surface area contributed by atoms with Gasteiger partial charge < -0.3 is 10.2 Å². The first-order valence-electron chi connectivity index (χ1n) is 4.09. The highest BCUT2D eigenvalue weighted by atomic mass is 16.4. The molecule has 1 unspecified atom stereocenters. The normalized spacial score (nSPS) is 63.4. The summed E-state index contributed by atoms with van der Waals surface area (Å²) in [4.78, 5) is 10.8. The monoisotopic (exact) mass is 154 g/mol. The van der Waals surface area contributed by atoms with Gasteiger partial charge in [-0.05, 0) is 24.7 Å². The van der Waals surface area contributed by atoms with E-state index in [2.05, 4.69) is 0 Å². The molecule has 4 bridgehead atoms. The number of aliphatic hydroxyl groups excluding tert-OH is 1. The molecule has 4 fully saturated rings. The Balaban J connectivity index is 2.04. The highest BCUT2D eigenvalue weighted by molar-refractivity contribution is 5.81. The maximum Gasteiger partial charge on any atom is 0.310 e. The number of rotatable bonds is 1. The summed E-state index contributed by atoms with van der Waals surface area (Å²) >= 11 is 0. The van der Waals surface area contributed by atoms with Crippen LogP contribution in [-0.4, -0.2) is 22.3 Å². The van der Waals surface area contributed by atoms with Gasteiger partial charge >= 0.3 is 5.97 Å². The minimum Gasteiger partial charge on any atom is -0.481 e. The van der Waals surface area contributed by atoms with Crippen LogP contribution in [0.1, 0.15) is 12.8 Å². The van der Waals surface area contributed by atoms with E-state index < -0.39 is 11.4 Å². The largest absolute Gasteiger partial charge is 0.481 e. The summed E-state index contributed by atoms with van der Waals surface area (Å²) in [6.07, 6.45) is 1.40. The molecule has 0 radical (unpaired) electrons. The Hall–Kier alpha value is -0.570. The van der Waals surface area contributed by atoms with Crippen LogP contribution in [0.5, 0.6) is 0 Å². The Morgan fingerprint density at radius 3 is 2.45 bits per heavy atom. The van der Waals surface area contributed by atoms with Crippen molar-refractivity contribution in [1.82, 2.24) is 0 Å². The Bertz CT molecular complexity index is 250. The zero-order chi connectivity index (χ0) is 7.80. The van der Waals surface area contributed by atoms with E-state index >= 15 is 0 Å². The van der Waals surface area contributed by atoms with E-state index in [1.807, 2.05) is 0 Å². The summed E-state index contributed by atoms with van der Waals surface area (Å²) < 4.78 is 0. The molecular formula is C8H10O3. The molecule has 0 spiro atoms. The fraction of sp³-hybridized carbons (Fsp3) is 0.875. The van der Waals surface area contributed by atoms with Crippen LogP contribution < -0.4 is 0 Å². The first-order chi connectivity index (χ1) is 5.18. The van der Waals surface area contributed by atoms with Gasteiger partial charge in [0.15, 0.2) is 0 Å².